The molecule has 2 unspecified atom stereocenters. The van der Waals surface area contributed by atoms with Crippen LogP contribution in [0.2, 0.25) is 0 Å². The highest BCUT2D eigenvalue weighted by molar-refractivity contribution is 5.96. The molecule has 3 aliphatic rings. The summed E-state index contributed by atoms with van der Waals surface area (Å²) in [4.78, 5) is 27.6. The maximum Gasteiger partial charge on any atom is 0.278 e. The van der Waals surface area contributed by atoms with E-state index in [0.29, 0.717) is 17.5 Å². The van der Waals surface area contributed by atoms with Gasteiger partial charge < -0.3 is 10.0 Å². The van der Waals surface area contributed by atoms with E-state index in [-0.39, 0.29) is 36.8 Å². The molecule has 9 heteroatoms. The van der Waals surface area contributed by atoms with Gasteiger partial charge in [-0.2, -0.15) is 0 Å². The van der Waals surface area contributed by atoms with Crippen molar-refractivity contribution in [3.05, 3.63) is 134 Å². The minimum atomic E-state index is -1.03. The number of aromatic hydroxyl groups is 1. The van der Waals surface area contributed by atoms with Gasteiger partial charge in [0.1, 0.15) is 18.0 Å². The zero-order chi connectivity index (χ0) is 27.1. The average molecular weight is 530 g/mol. The smallest absolute Gasteiger partial charge is 0.278 e. The van der Waals surface area contributed by atoms with E-state index in [0.717, 1.165) is 17.2 Å². The zero-order valence-electron chi connectivity index (χ0n) is 20.6. The third kappa shape index (κ3) is 3.16. The number of fused-ring (bicyclic) bond motifs is 6. The lowest BCUT2D eigenvalue weighted by Gasteiger charge is -2.50. The number of carbonyl (C=O) groups is 1. The Hall–Kier alpha value is -4.53. The number of nitrogens with zero attached hydrogens (tertiary/aromatic N) is 3. The first-order valence-electron chi connectivity index (χ1n) is 12.6. The summed E-state index contributed by atoms with van der Waals surface area (Å²) in [6, 6.07) is 17.5. The van der Waals surface area contributed by atoms with Gasteiger partial charge >= 0.3 is 0 Å². The molecule has 196 valence electrons. The maximum atomic E-state index is 15.2. The minimum absolute atomic E-state index is 0.00263. The number of rotatable bonds is 3. The van der Waals surface area contributed by atoms with E-state index >= 15 is 4.39 Å². The zero-order valence-corrected chi connectivity index (χ0v) is 20.6. The van der Waals surface area contributed by atoms with Gasteiger partial charge in [0, 0.05) is 24.7 Å². The Balaban J connectivity index is 1.49. The molecular weight excluding hydrogens is 507 g/mol. The van der Waals surface area contributed by atoms with E-state index in [2.05, 4.69) is 0 Å². The van der Waals surface area contributed by atoms with Crippen LogP contribution in [0, 0.1) is 23.4 Å². The molecule has 2 aliphatic carbocycles. The van der Waals surface area contributed by atoms with Crippen molar-refractivity contribution in [1.29, 1.82) is 0 Å². The van der Waals surface area contributed by atoms with Crippen LogP contribution in [0.25, 0.3) is 0 Å². The SMILES string of the molecule is O=C1c2c(O)c(=O)ccn2N(C23c4ccccc4CC2Cc2c3ccc(F)c2F)CN1Cc1cccc(F)c1. The van der Waals surface area contributed by atoms with Crippen LogP contribution < -0.4 is 10.4 Å². The Morgan fingerprint density at radius 2 is 1.74 bits per heavy atom. The molecule has 1 amide bonds. The third-order valence-corrected chi connectivity index (χ3v) is 8.32. The first-order valence-corrected chi connectivity index (χ1v) is 12.6. The van der Waals surface area contributed by atoms with Gasteiger partial charge in [0.2, 0.25) is 5.43 Å². The van der Waals surface area contributed by atoms with E-state index in [1.165, 1.54) is 34.0 Å². The first-order chi connectivity index (χ1) is 18.8. The third-order valence-electron chi connectivity index (χ3n) is 8.32. The fourth-order valence-electron chi connectivity index (χ4n) is 6.79. The monoisotopic (exact) mass is 529 g/mol. The predicted octanol–water partition coefficient (Wildman–Crippen LogP) is 4.19. The number of amides is 1. The van der Waals surface area contributed by atoms with Crippen molar-refractivity contribution in [3.63, 3.8) is 0 Å². The lowest BCUT2D eigenvalue weighted by Crippen LogP contribution is -2.63. The van der Waals surface area contributed by atoms with E-state index in [9.17, 15) is 23.5 Å². The number of hydrogen-bond acceptors (Lipinski definition) is 4. The van der Waals surface area contributed by atoms with Gasteiger partial charge in [0.05, 0.1) is 0 Å². The maximum absolute atomic E-state index is 15.2. The summed E-state index contributed by atoms with van der Waals surface area (Å²) in [5.74, 6) is -3.82. The van der Waals surface area contributed by atoms with Crippen molar-refractivity contribution < 1.29 is 23.1 Å². The lowest BCUT2D eigenvalue weighted by atomic mass is 9.81. The highest BCUT2D eigenvalue weighted by atomic mass is 19.2. The Labute approximate surface area is 221 Å². The average Bonchev–Trinajstić information content (AvgIpc) is 3.42. The fourth-order valence-corrected chi connectivity index (χ4v) is 6.79. The fraction of sp³-hybridized carbons (Fsp3) is 0.200. The van der Waals surface area contributed by atoms with Gasteiger partial charge in [-0.1, -0.05) is 42.5 Å². The molecule has 1 aromatic heterocycles. The molecule has 4 aromatic rings. The van der Waals surface area contributed by atoms with Crippen LogP contribution in [0.4, 0.5) is 13.2 Å². The Bertz CT molecular complexity index is 1750. The van der Waals surface area contributed by atoms with Crippen molar-refractivity contribution in [2.75, 3.05) is 11.7 Å². The van der Waals surface area contributed by atoms with Crippen LogP contribution in [0.5, 0.6) is 5.75 Å². The molecule has 7 rings (SSSR count). The second-order valence-electron chi connectivity index (χ2n) is 10.3. The normalized spacial score (nSPS) is 21.0. The molecule has 1 N–H and O–H groups in total. The van der Waals surface area contributed by atoms with Crippen molar-refractivity contribution in [3.8, 4) is 5.75 Å². The standard InChI is InChI=1S/C30H22F3N3O3/c31-20-6-3-4-17(12-20)15-34-16-36(35-11-10-25(37)28(38)27(35)29(34)39)30-19(13-18-5-1-2-7-22(18)30)14-21-23(30)8-9-24(32)26(21)33/h1-12,19,38H,13-16H2. The van der Waals surface area contributed by atoms with Gasteiger partial charge in [-0.25, -0.2) is 13.2 Å². The lowest BCUT2D eigenvalue weighted by molar-refractivity contribution is 0.0630. The summed E-state index contributed by atoms with van der Waals surface area (Å²) in [5, 5.41) is 12.7. The Morgan fingerprint density at radius 1 is 0.923 bits per heavy atom. The van der Waals surface area contributed by atoms with Crippen LogP contribution in [-0.2, 0) is 24.9 Å². The highest BCUT2D eigenvalue weighted by Gasteiger charge is 2.59. The molecule has 0 bridgehead atoms. The van der Waals surface area contributed by atoms with Crippen LogP contribution in [-0.4, -0.2) is 27.3 Å². The second kappa shape index (κ2) is 8.23. The van der Waals surface area contributed by atoms with Gasteiger partial charge in [0.15, 0.2) is 23.1 Å². The van der Waals surface area contributed by atoms with Crippen LogP contribution >= 0.6 is 0 Å². The van der Waals surface area contributed by atoms with Crippen LogP contribution in [0.15, 0.2) is 77.7 Å². The Morgan fingerprint density at radius 3 is 2.56 bits per heavy atom. The first kappa shape index (κ1) is 23.6. The van der Waals surface area contributed by atoms with Gasteiger partial charge in [0.25, 0.3) is 5.91 Å². The molecule has 0 radical (unpaired) electrons. The van der Waals surface area contributed by atoms with Crippen molar-refractivity contribution in [2.24, 2.45) is 5.92 Å². The summed E-state index contributed by atoms with van der Waals surface area (Å²) in [7, 11) is 0. The number of carbonyl (C=O) groups excluding carboxylic acids is 1. The molecule has 0 spiro atoms. The summed E-state index contributed by atoms with van der Waals surface area (Å²) in [6.45, 7) is -0.0173. The molecule has 6 nitrogen and oxygen atoms in total. The van der Waals surface area contributed by atoms with E-state index in [4.69, 9.17) is 0 Å². The quantitative estimate of drug-likeness (QED) is 0.432. The molecule has 3 aromatic carbocycles. The molecule has 0 saturated carbocycles. The van der Waals surface area contributed by atoms with Gasteiger partial charge in [-0.3, -0.25) is 19.3 Å². The Kier molecular flexibility index (Phi) is 4.98. The number of hydrogen-bond donors (Lipinski definition) is 1. The molecule has 1 aliphatic heterocycles. The molecule has 0 saturated heterocycles. The molecular formula is C30H22F3N3O3. The molecule has 2 atom stereocenters. The van der Waals surface area contributed by atoms with Gasteiger partial charge in [-0.15, -0.1) is 0 Å². The number of benzene rings is 3. The predicted molar refractivity (Wildman–Crippen MR) is 136 cm³/mol. The number of pyridine rings is 1. The van der Waals surface area contributed by atoms with E-state index in [1.54, 1.807) is 18.2 Å². The summed E-state index contributed by atoms with van der Waals surface area (Å²) in [5.41, 5.74) is 1.30. The van der Waals surface area contributed by atoms with E-state index < -0.39 is 40.1 Å². The minimum Gasteiger partial charge on any atom is -0.502 e. The largest absolute Gasteiger partial charge is 0.502 e. The molecule has 0 fully saturated rings. The second-order valence-corrected chi connectivity index (χ2v) is 10.3. The van der Waals surface area contributed by atoms with Crippen LogP contribution in [0.1, 0.15) is 38.3 Å². The summed E-state index contributed by atoms with van der Waals surface area (Å²) < 4.78 is 45.1. The van der Waals surface area contributed by atoms with Crippen molar-refractivity contribution in [2.45, 2.75) is 24.9 Å². The molecule has 39 heavy (non-hydrogen) atoms. The highest BCUT2D eigenvalue weighted by Crippen LogP contribution is 2.57. The van der Waals surface area contributed by atoms with Gasteiger partial charge in [-0.05, 0) is 58.9 Å². The van der Waals surface area contributed by atoms with Crippen molar-refractivity contribution in [1.82, 2.24) is 9.58 Å². The topological polar surface area (TPSA) is 65.8 Å². The van der Waals surface area contributed by atoms with E-state index in [1.807, 2.05) is 29.3 Å². The summed E-state index contributed by atoms with van der Waals surface area (Å²) >= 11 is 0. The van der Waals surface area contributed by atoms with Crippen molar-refractivity contribution >= 4 is 5.91 Å². The number of halogens is 3. The summed E-state index contributed by atoms with van der Waals surface area (Å²) in [6.07, 6.45) is 2.28. The molecule has 2 heterocycles. The number of aromatic nitrogens is 1. The van der Waals surface area contributed by atoms with Crippen LogP contribution in [0.3, 0.4) is 0 Å².